The molecule has 0 aliphatic rings. The Balaban J connectivity index is 0.00000100. The zero-order valence-electron chi connectivity index (χ0n) is 13.8. The van der Waals surface area contributed by atoms with Crippen LogP contribution in [0.15, 0.2) is 41.1 Å². The molecule has 0 aliphatic heterocycles. The Morgan fingerprint density at radius 3 is 2.50 bits per heavy atom. The van der Waals surface area contributed by atoms with Gasteiger partial charge in [-0.3, -0.25) is 0 Å². The highest BCUT2D eigenvalue weighted by atomic mass is 19.1. The minimum atomic E-state index is -0.345. The van der Waals surface area contributed by atoms with Crippen molar-refractivity contribution in [2.75, 3.05) is 0 Å². The van der Waals surface area contributed by atoms with Crippen LogP contribution in [0.3, 0.4) is 0 Å². The van der Waals surface area contributed by atoms with Crippen LogP contribution in [0.1, 0.15) is 30.9 Å². The Kier molecular flexibility index (Phi) is 5.42. The molecule has 0 fully saturated rings. The lowest BCUT2D eigenvalue weighted by molar-refractivity contribution is 0.567. The molecule has 5 nitrogen and oxygen atoms in total. The number of allylic oxidation sites excluding steroid dienone is 1. The lowest BCUT2D eigenvalue weighted by Crippen LogP contribution is -2.04. The van der Waals surface area contributed by atoms with Crippen molar-refractivity contribution in [1.82, 2.24) is 9.97 Å². The van der Waals surface area contributed by atoms with Crippen molar-refractivity contribution >= 4 is 28.6 Å². The first-order valence-corrected chi connectivity index (χ1v) is 7.58. The number of fused-ring (bicyclic) bond motifs is 1. The number of nitrogens with one attached hydrogen (secondary N) is 1. The van der Waals surface area contributed by atoms with Crippen LogP contribution in [0, 0.1) is 18.2 Å². The van der Waals surface area contributed by atoms with Gasteiger partial charge in [-0.05, 0) is 42.8 Å². The fourth-order valence-electron chi connectivity index (χ4n) is 2.25. The first-order valence-electron chi connectivity index (χ1n) is 7.58. The number of aromatic nitrogens is 2. The maximum atomic E-state index is 13.0. The van der Waals surface area contributed by atoms with Gasteiger partial charge in [0.25, 0.3) is 0 Å². The zero-order chi connectivity index (χ0) is 17.7. The summed E-state index contributed by atoms with van der Waals surface area (Å²) in [5, 5.41) is 8.36. The van der Waals surface area contributed by atoms with E-state index in [1.54, 1.807) is 18.2 Å². The molecule has 0 aliphatic carbocycles. The lowest BCUT2D eigenvalue weighted by Gasteiger charge is -2.08. The van der Waals surface area contributed by atoms with Crippen LogP contribution in [0.4, 0.5) is 4.39 Å². The van der Waals surface area contributed by atoms with E-state index in [-0.39, 0.29) is 5.82 Å². The van der Waals surface area contributed by atoms with Gasteiger partial charge < -0.3 is 15.6 Å². The first-order chi connectivity index (χ1) is 11.6. The van der Waals surface area contributed by atoms with Gasteiger partial charge in [0.05, 0.1) is 11.1 Å². The number of furan rings is 1. The molecule has 0 amide bonds. The van der Waals surface area contributed by atoms with E-state index >= 15 is 0 Å². The maximum Gasteiger partial charge on any atom is 0.229 e. The van der Waals surface area contributed by atoms with E-state index < -0.39 is 0 Å². The van der Waals surface area contributed by atoms with Gasteiger partial charge in [-0.15, -0.1) is 0 Å². The minimum absolute atomic E-state index is 0.342. The lowest BCUT2D eigenvalue weighted by atomic mass is 10.0. The van der Waals surface area contributed by atoms with Gasteiger partial charge in [-0.25, -0.2) is 14.4 Å². The normalized spacial score (nSPS) is 11.5. The standard InChI is InChI=1S/C16H13FN4O.C2H6/c1-9-6-12-15(20-8-21-16(12)22-9)13(7-18)14(19)10-2-4-11(17)5-3-10;1-2/h2-8,18H,19H2,1H3;1-2H3/b14-13+,18-7?;. The van der Waals surface area contributed by atoms with Crippen molar-refractivity contribution in [2.24, 2.45) is 5.73 Å². The molecule has 0 spiro atoms. The molecule has 2 aromatic heterocycles. The Morgan fingerprint density at radius 2 is 1.88 bits per heavy atom. The molecule has 1 aromatic carbocycles. The molecule has 0 bridgehead atoms. The van der Waals surface area contributed by atoms with Crippen molar-refractivity contribution < 1.29 is 8.81 Å². The van der Waals surface area contributed by atoms with E-state index in [4.69, 9.17) is 15.6 Å². The SMILES string of the molecule is CC.Cc1cc2c(/C(C=N)=C(/N)c3ccc(F)cc3)ncnc2o1. The van der Waals surface area contributed by atoms with Crippen molar-refractivity contribution in [3.63, 3.8) is 0 Å². The molecule has 0 unspecified atom stereocenters. The molecule has 0 saturated heterocycles. The molecule has 0 radical (unpaired) electrons. The summed E-state index contributed by atoms with van der Waals surface area (Å²) >= 11 is 0. The fourth-order valence-corrected chi connectivity index (χ4v) is 2.25. The highest BCUT2D eigenvalue weighted by molar-refractivity contribution is 6.20. The van der Waals surface area contributed by atoms with E-state index in [2.05, 4.69) is 9.97 Å². The fraction of sp³-hybridized carbons (Fsp3) is 0.167. The predicted octanol–water partition coefficient (Wildman–Crippen LogP) is 4.17. The van der Waals surface area contributed by atoms with Gasteiger partial charge in [0.2, 0.25) is 5.71 Å². The average molecular weight is 326 g/mol. The van der Waals surface area contributed by atoms with Crippen LogP contribution in [0.2, 0.25) is 0 Å². The maximum absolute atomic E-state index is 13.0. The number of benzene rings is 1. The third kappa shape index (κ3) is 3.32. The summed E-state index contributed by atoms with van der Waals surface area (Å²) in [6, 6.07) is 7.56. The highest BCUT2D eigenvalue weighted by Crippen LogP contribution is 2.27. The van der Waals surface area contributed by atoms with Gasteiger partial charge in [0.1, 0.15) is 17.9 Å². The highest BCUT2D eigenvalue weighted by Gasteiger charge is 2.14. The molecular formula is C18H19FN4O. The average Bonchev–Trinajstić information content (AvgIpc) is 2.99. The van der Waals surface area contributed by atoms with E-state index in [9.17, 15) is 4.39 Å². The molecule has 0 saturated carbocycles. The van der Waals surface area contributed by atoms with Gasteiger partial charge in [0, 0.05) is 17.5 Å². The summed E-state index contributed by atoms with van der Waals surface area (Å²) in [6.45, 7) is 5.81. The van der Waals surface area contributed by atoms with Crippen LogP contribution in [0.25, 0.3) is 22.4 Å². The van der Waals surface area contributed by atoms with Gasteiger partial charge in [0.15, 0.2) is 0 Å². The van der Waals surface area contributed by atoms with Gasteiger partial charge >= 0.3 is 0 Å². The summed E-state index contributed by atoms with van der Waals surface area (Å²) in [6.07, 6.45) is 2.49. The zero-order valence-corrected chi connectivity index (χ0v) is 13.8. The number of rotatable bonds is 3. The third-order valence-electron chi connectivity index (χ3n) is 3.30. The summed E-state index contributed by atoms with van der Waals surface area (Å²) < 4.78 is 18.5. The molecular weight excluding hydrogens is 307 g/mol. The summed E-state index contributed by atoms with van der Waals surface area (Å²) in [5.74, 6) is 0.351. The third-order valence-corrected chi connectivity index (χ3v) is 3.30. The van der Waals surface area contributed by atoms with Crippen LogP contribution < -0.4 is 5.73 Å². The second-order valence-corrected chi connectivity index (χ2v) is 4.78. The Labute approximate surface area is 139 Å². The Morgan fingerprint density at radius 1 is 1.21 bits per heavy atom. The van der Waals surface area contributed by atoms with Gasteiger partial charge in [-0.2, -0.15) is 0 Å². The number of halogens is 1. The second kappa shape index (κ2) is 7.50. The van der Waals surface area contributed by atoms with E-state index in [0.29, 0.717) is 39.4 Å². The molecule has 3 rings (SSSR count). The number of hydrogen-bond acceptors (Lipinski definition) is 5. The van der Waals surface area contributed by atoms with Crippen LogP contribution in [-0.2, 0) is 0 Å². The van der Waals surface area contributed by atoms with Crippen LogP contribution in [0.5, 0.6) is 0 Å². The molecule has 3 aromatic rings. The van der Waals surface area contributed by atoms with Crippen molar-refractivity contribution in [3.8, 4) is 0 Å². The topological polar surface area (TPSA) is 88.8 Å². The smallest absolute Gasteiger partial charge is 0.229 e. The van der Waals surface area contributed by atoms with Crippen LogP contribution in [-0.4, -0.2) is 16.2 Å². The minimum Gasteiger partial charge on any atom is -0.443 e. The van der Waals surface area contributed by atoms with Crippen molar-refractivity contribution in [3.05, 3.63) is 59.5 Å². The largest absolute Gasteiger partial charge is 0.443 e. The van der Waals surface area contributed by atoms with E-state index in [1.165, 1.54) is 18.5 Å². The molecule has 24 heavy (non-hydrogen) atoms. The van der Waals surface area contributed by atoms with Crippen molar-refractivity contribution in [2.45, 2.75) is 20.8 Å². The summed E-state index contributed by atoms with van der Waals surface area (Å²) in [7, 11) is 0. The number of nitrogens with zero attached hydrogens (tertiary/aromatic N) is 2. The molecule has 6 heteroatoms. The molecule has 2 heterocycles. The van der Waals surface area contributed by atoms with Crippen molar-refractivity contribution in [1.29, 1.82) is 5.41 Å². The van der Waals surface area contributed by atoms with E-state index in [1.807, 2.05) is 20.8 Å². The molecule has 3 N–H and O–H groups in total. The molecule has 124 valence electrons. The quantitative estimate of drug-likeness (QED) is 0.707. The van der Waals surface area contributed by atoms with Gasteiger partial charge in [-0.1, -0.05) is 13.8 Å². The monoisotopic (exact) mass is 326 g/mol. The number of nitrogens with two attached hydrogens (primary N) is 1. The Hall–Kier alpha value is -3.02. The Bertz CT molecular complexity index is 882. The summed E-state index contributed by atoms with van der Waals surface area (Å²) in [5.41, 5.74) is 8.49. The summed E-state index contributed by atoms with van der Waals surface area (Å²) in [4.78, 5) is 8.28. The predicted molar refractivity (Wildman–Crippen MR) is 94.1 cm³/mol. The first kappa shape index (κ1) is 17.3. The molecule has 0 atom stereocenters. The van der Waals surface area contributed by atoms with Crippen LogP contribution >= 0.6 is 0 Å². The number of aryl methyl sites for hydroxylation is 1. The number of hydrogen-bond donors (Lipinski definition) is 2. The second-order valence-electron chi connectivity index (χ2n) is 4.78. The van der Waals surface area contributed by atoms with E-state index in [0.717, 1.165) is 6.21 Å².